The van der Waals surface area contributed by atoms with Gasteiger partial charge in [0, 0.05) is 27.1 Å². The Hall–Kier alpha value is -3.52. The van der Waals surface area contributed by atoms with Crippen LogP contribution in [0, 0.1) is 12.3 Å². The Balaban J connectivity index is 1.81. The number of carboxylic acid groups (broad SMARTS) is 1. The van der Waals surface area contributed by atoms with Gasteiger partial charge in [-0.25, -0.2) is 9.59 Å². The average molecular weight is 514 g/mol. The molecule has 3 aromatic rings. The lowest BCUT2D eigenvalue weighted by Gasteiger charge is -2.32. The number of hydrogen-bond donors (Lipinski definition) is 1. The van der Waals surface area contributed by atoms with Gasteiger partial charge in [0.15, 0.2) is 6.23 Å². The highest BCUT2D eigenvalue weighted by Crippen LogP contribution is 2.36. The predicted molar refractivity (Wildman–Crippen MR) is 136 cm³/mol. The maximum atomic E-state index is 13.7. The molecule has 2 aromatic carbocycles. The van der Waals surface area contributed by atoms with Gasteiger partial charge in [-0.15, -0.1) is 0 Å². The summed E-state index contributed by atoms with van der Waals surface area (Å²) in [6, 6.07) is 9.67. The number of methoxy groups -OCH3 is 1. The molecule has 0 saturated carbocycles. The van der Waals surface area contributed by atoms with Gasteiger partial charge in [0.2, 0.25) is 0 Å². The van der Waals surface area contributed by atoms with Crippen molar-refractivity contribution in [2.75, 3.05) is 7.11 Å². The molecule has 1 fully saturated rings. The van der Waals surface area contributed by atoms with Crippen LogP contribution >= 0.6 is 11.6 Å². The van der Waals surface area contributed by atoms with Crippen molar-refractivity contribution in [1.29, 1.82) is 0 Å². The van der Waals surface area contributed by atoms with Crippen LogP contribution in [-0.2, 0) is 16.0 Å². The summed E-state index contributed by atoms with van der Waals surface area (Å²) in [6.07, 6.45) is -2.66. The molecule has 1 amide bonds. The molecular formula is C27H29ClN2O6. The number of aryl methyl sites for hydroxylation is 1. The molecule has 4 rings (SSSR count). The van der Waals surface area contributed by atoms with Gasteiger partial charge < -0.3 is 14.6 Å². The summed E-state index contributed by atoms with van der Waals surface area (Å²) >= 11 is 6.01. The smallest absolute Gasteiger partial charge is 0.410 e. The molecule has 36 heavy (non-hydrogen) atoms. The van der Waals surface area contributed by atoms with E-state index in [1.807, 2.05) is 13.0 Å². The van der Waals surface area contributed by atoms with Gasteiger partial charge in [0.05, 0.1) is 14.0 Å². The zero-order valence-corrected chi connectivity index (χ0v) is 21.5. The first-order chi connectivity index (χ1) is 17.3. The molecule has 2 atom stereocenters. The molecule has 0 aliphatic carbocycles. The van der Waals surface area contributed by atoms with Gasteiger partial charge in [0.1, 0.15) is 11.8 Å². The topological polar surface area (TPSA) is 98.1 Å². The maximum absolute atomic E-state index is 13.7. The van der Waals surface area contributed by atoms with Crippen molar-refractivity contribution in [3.05, 3.63) is 64.3 Å². The van der Waals surface area contributed by atoms with Crippen molar-refractivity contribution < 1.29 is 30.3 Å². The van der Waals surface area contributed by atoms with E-state index in [0.717, 1.165) is 15.8 Å². The van der Waals surface area contributed by atoms with E-state index in [2.05, 4.69) is 0 Å². The number of rotatable bonds is 5. The SMILES string of the molecule is [2H][C@]1(CCc2c(C)c3cc(OC)ccc3n2C(=O)c2ccc(Cl)cc2)C(=O)O[C@H](C(C)(C)C)N1C(=O)O. The van der Waals surface area contributed by atoms with Crippen LogP contribution < -0.4 is 4.74 Å². The Morgan fingerprint density at radius 2 is 1.86 bits per heavy atom. The zero-order chi connectivity index (χ0) is 27.3. The molecule has 0 unspecified atom stereocenters. The van der Waals surface area contributed by atoms with Gasteiger partial charge in [-0.05, 0) is 67.8 Å². The van der Waals surface area contributed by atoms with Crippen molar-refractivity contribution >= 4 is 40.5 Å². The standard InChI is InChI=1S/C27H29ClN2O6/c1-15-19-14-18(35-5)10-11-21(19)29(23(31)16-6-8-17(28)9-7-16)20(15)12-13-22-24(32)36-25(27(2,3)4)30(22)26(33)34/h6-11,14,22,25H,12-13H2,1-5H3,(H,33,34)/t22-,25+/m0/s1/i22D. The largest absolute Gasteiger partial charge is 0.497 e. The van der Waals surface area contributed by atoms with Crippen LogP contribution in [0.2, 0.25) is 5.02 Å². The summed E-state index contributed by atoms with van der Waals surface area (Å²) in [5.41, 5.74) is 1.62. The lowest BCUT2D eigenvalue weighted by atomic mass is 9.93. The number of aromatic nitrogens is 1. The van der Waals surface area contributed by atoms with Gasteiger partial charge in [-0.3, -0.25) is 14.3 Å². The first-order valence-corrected chi connectivity index (χ1v) is 11.9. The molecule has 8 nitrogen and oxygen atoms in total. The highest BCUT2D eigenvalue weighted by atomic mass is 35.5. The molecule has 190 valence electrons. The van der Waals surface area contributed by atoms with Crippen LogP contribution in [0.4, 0.5) is 4.79 Å². The fourth-order valence-electron chi connectivity index (χ4n) is 4.56. The quantitative estimate of drug-likeness (QED) is 0.452. The fraction of sp³-hybridized carbons (Fsp3) is 0.370. The van der Waals surface area contributed by atoms with E-state index in [9.17, 15) is 19.5 Å². The molecule has 1 saturated heterocycles. The van der Waals surface area contributed by atoms with Crippen molar-refractivity contribution in [1.82, 2.24) is 9.47 Å². The minimum atomic E-state index is -2.17. The normalized spacial score (nSPS) is 20.4. The van der Waals surface area contributed by atoms with Gasteiger partial charge in [0.25, 0.3) is 5.91 Å². The number of carbonyl (C=O) groups excluding carboxylic acids is 2. The van der Waals surface area contributed by atoms with E-state index in [-0.39, 0.29) is 18.7 Å². The van der Waals surface area contributed by atoms with E-state index >= 15 is 0 Å². The fourth-order valence-corrected chi connectivity index (χ4v) is 4.69. The summed E-state index contributed by atoms with van der Waals surface area (Å²) in [7, 11) is 1.55. The average Bonchev–Trinajstić information content (AvgIpc) is 3.28. The summed E-state index contributed by atoms with van der Waals surface area (Å²) in [5.74, 6) is -0.633. The molecular weight excluding hydrogens is 484 g/mol. The lowest BCUT2D eigenvalue weighted by Crippen LogP contribution is -2.47. The second-order valence-corrected chi connectivity index (χ2v) is 10.3. The van der Waals surface area contributed by atoms with E-state index in [0.29, 0.717) is 27.5 Å². The maximum Gasteiger partial charge on any atom is 0.410 e. The minimum Gasteiger partial charge on any atom is -0.497 e. The first kappa shape index (κ1) is 24.2. The van der Waals surface area contributed by atoms with Crippen LogP contribution in [0.1, 0.15) is 50.2 Å². The van der Waals surface area contributed by atoms with Crippen LogP contribution in [0.15, 0.2) is 42.5 Å². The third-order valence-electron chi connectivity index (χ3n) is 6.37. The van der Waals surface area contributed by atoms with Crippen LogP contribution in [0.25, 0.3) is 10.9 Å². The van der Waals surface area contributed by atoms with Gasteiger partial charge >= 0.3 is 12.1 Å². The van der Waals surface area contributed by atoms with Crippen molar-refractivity contribution in [3.63, 3.8) is 0 Å². The van der Waals surface area contributed by atoms with E-state index in [1.165, 1.54) is 0 Å². The minimum absolute atomic E-state index is 0.0708. The molecule has 1 aromatic heterocycles. The summed E-state index contributed by atoms with van der Waals surface area (Å²) in [5, 5.41) is 11.2. The van der Waals surface area contributed by atoms with Crippen molar-refractivity contribution in [3.8, 4) is 5.75 Å². The highest BCUT2D eigenvalue weighted by molar-refractivity contribution is 6.30. The Kier molecular flexibility index (Phi) is 6.38. The molecule has 1 N–H and O–H groups in total. The Morgan fingerprint density at radius 3 is 2.44 bits per heavy atom. The molecule has 1 aliphatic heterocycles. The number of amides is 1. The van der Waals surface area contributed by atoms with Crippen molar-refractivity contribution in [2.24, 2.45) is 5.41 Å². The predicted octanol–water partition coefficient (Wildman–Crippen LogP) is 5.51. The van der Waals surface area contributed by atoms with E-state index in [1.54, 1.807) is 68.8 Å². The summed E-state index contributed by atoms with van der Waals surface area (Å²) in [6.45, 7) is 7.08. The number of fused-ring (bicyclic) bond motifs is 1. The molecule has 0 spiro atoms. The third kappa shape index (κ3) is 4.53. The van der Waals surface area contributed by atoms with Crippen LogP contribution in [0.3, 0.4) is 0 Å². The summed E-state index contributed by atoms with van der Waals surface area (Å²) < 4.78 is 21.2. The monoisotopic (exact) mass is 513 g/mol. The Bertz CT molecular complexity index is 1390. The first-order valence-electron chi connectivity index (χ1n) is 12.0. The number of hydrogen-bond acceptors (Lipinski definition) is 5. The molecule has 0 bridgehead atoms. The zero-order valence-electron chi connectivity index (χ0n) is 21.8. The Morgan fingerprint density at radius 1 is 1.19 bits per heavy atom. The molecule has 9 heteroatoms. The third-order valence-corrected chi connectivity index (χ3v) is 6.62. The second-order valence-electron chi connectivity index (χ2n) is 9.83. The number of nitrogens with zero attached hydrogens (tertiary/aromatic N) is 2. The molecule has 0 radical (unpaired) electrons. The van der Waals surface area contributed by atoms with Gasteiger partial charge in [-0.1, -0.05) is 32.4 Å². The molecule has 2 heterocycles. The summed E-state index contributed by atoms with van der Waals surface area (Å²) in [4.78, 5) is 39.6. The number of esters is 1. The number of halogens is 1. The van der Waals surface area contributed by atoms with E-state index in [4.69, 9.17) is 22.4 Å². The number of cyclic esters (lactones) is 1. The van der Waals surface area contributed by atoms with Crippen molar-refractivity contribution in [2.45, 2.75) is 52.8 Å². The van der Waals surface area contributed by atoms with Gasteiger partial charge in [-0.2, -0.15) is 0 Å². The van der Waals surface area contributed by atoms with Crippen LogP contribution in [-0.4, -0.2) is 51.9 Å². The Labute approximate surface area is 215 Å². The molecule has 1 aliphatic rings. The lowest BCUT2D eigenvalue weighted by molar-refractivity contribution is -0.147. The van der Waals surface area contributed by atoms with E-state index < -0.39 is 29.7 Å². The number of benzene rings is 2. The highest BCUT2D eigenvalue weighted by Gasteiger charge is 2.50. The number of ether oxygens (including phenoxy) is 2. The second kappa shape index (κ2) is 9.50. The van der Waals surface area contributed by atoms with Crippen LogP contribution in [0.5, 0.6) is 5.75 Å². The number of carbonyl (C=O) groups is 3.